The molecule has 6 nitrogen and oxygen atoms in total. The summed E-state index contributed by atoms with van der Waals surface area (Å²) in [7, 11) is 1.61. The molecule has 4 rings (SSSR count). The fourth-order valence-corrected chi connectivity index (χ4v) is 4.93. The Morgan fingerprint density at radius 3 is 2.66 bits per heavy atom. The van der Waals surface area contributed by atoms with E-state index in [1.807, 2.05) is 30.3 Å². The summed E-state index contributed by atoms with van der Waals surface area (Å²) >= 11 is 0. The van der Waals surface area contributed by atoms with Crippen molar-refractivity contribution in [1.82, 2.24) is 10.2 Å². The van der Waals surface area contributed by atoms with Crippen LogP contribution in [0.2, 0.25) is 0 Å². The summed E-state index contributed by atoms with van der Waals surface area (Å²) in [5.74, 6) is 0.249. The first-order chi connectivity index (χ1) is 16.9. The van der Waals surface area contributed by atoms with Crippen molar-refractivity contribution in [2.45, 2.75) is 25.1 Å². The van der Waals surface area contributed by atoms with Gasteiger partial charge in [-0.2, -0.15) is 13.2 Å². The van der Waals surface area contributed by atoms with E-state index in [1.54, 1.807) is 13.2 Å². The predicted octanol–water partition coefficient (Wildman–Crippen LogP) is 3.60. The molecule has 2 aromatic carbocycles. The number of alkyl halides is 3. The number of halogens is 3. The van der Waals surface area contributed by atoms with Crippen LogP contribution in [-0.2, 0) is 22.1 Å². The maximum Gasteiger partial charge on any atom is 0.416 e. The number of nitrogens with one attached hydrogen (secondary N) is 1. The number of carbonyl (C=O) groups excluding carboxylic acids is 1. The van der Waals surface area contributed by atoms with E-state index < -0.39 is 17.7 Å². The van der Waals surface area contributed by atoms with Crippen molar-refractivity contribution >= 4 is 11.6 Å². The molecule has 1 saturated heterocycles. The molecule has 1 N–H and O–H groups in total. The van der Waals surface area contributed by atoms with Crippen molar-refractivity contribution in [3.05, 3.63) is 59.7 Å². The van der Waals surface area contributed by atoms with Gasteiger partial charge in [-0.3, -0.25) is 9.69 Å². The second-order valence-electron chi connectivity index (χ2n) is 9.01. The first-order valence-corrected chi connectivity index (χ1v) is 12.0. The Hall–Kier alpha value is -2.78. The second kappa shape index (κ2) is 11.3. The summed E-state index contributed by atoms with van der Waals surface area (Å²) in [5, 5.41) is 2.96. The summed E-state index contributed by atoms with van der Waals surface area (Å²) in [6.45, 7) is 4.28. The summed E-state index contributed by atoms with van der Waals surface area (Å²) in [6.07, 6.45) is -3.45. The number of benzene rings is 2. The molecule has 0 saturated carbocycles. The average Bonchev–Trinajstić information content (AvgIpc) is 2.85. The summed E-state index contributed by atoms with van der Waals surface area (Å²) in [6, 6.07) is 13.4. The Morgan fingerprint density at radius 1 is 1.11 bits per heavy atom. The van der Waals surface area contributed by atoms with Crippen LogP contribution < -0.4 is 15.0 Å². The van der Waals surface area contributed by atoms with Gasteiger partial charge in [0.25, 0.3) is 0 Å². The number of methoxy groups -OCH3 is 1. The zero-order chi connectivity index (χ0) is 24.8. The van der Waals surface area contributed by atoms with Crippen LogP contribution in [0.3, 0.4) is 0 Å². The molecule has 0 bridgehead atoms. The zero-order valence-electron chi connectivity index (χ0n) is 19.9. The Bertz CT molecular complexity index is 987. The van der Waals surface area contributed by atoms with Gasteiger partial charge in [0.15, 0.2) is 0 Å². The van der Waals surface area contributed by atoms with Gasteiger partial charge in [0.05, 0.1) is 17.5 Å². The third-order valence-electron chi connectivity index (χ3n) is 6.70. The van der Waals surface area contributed by atoms with E-state index in [4.69, 9.17) is 9.47 Å². The number of anilines is 1. The van der Waals surface area contributed by atoms with Crippen LogP contribution in [0.15, 0.2) is 48.5 Å². The van der Waals surface area contributed by atoms with Crippen molar-refractivity contribution < 1.29 is 27.4 Å². The predicted molar refractivity (Wildman–Crippen MR) is 128 cm³/mol. The van der Waals surface area contributed by atoms with Crippen LogP contribution in [0.5, 0.6) is 5.75 Å². The fraction of sp³-hybridized carbons (Fsp3) is 0.500. The Balaban J connectivity index is 1.48. The molecule has 2 atom stereocenters. The van der Waals surface area contributed by atoms with Crippen LogP contribution in [0.4, 0.5) is 18.9 Å². The molecule has 0 unspecified atom stereocenters. The Kier molecular flexibility index (Phi) is 8.18. The van der Waals surface area contributed by atoms with Crippen LogP contribution >= 0.6 is 0 Å². The molecule has 1 amide bonds. The van der Waals surface area contributed by atoms with E-state index in [0.717, 1.165) is 24.0 Å². The Labute approximate surface area is 204 Å². The highest BCUT2D eigenvalue weighted by Gasteiger charge is 2.42. The number of fused-ring (bicyclic) bond motifs is 3. The molecule has 2 aliphatic rings. The van der Waals surface area contributed by atoms with E-state index in [1.165, 1.54) is 6.07 Å². The number of para-hydroxylation sites is 1. The SMILES string of the molecule is COCCCNC(=O)[C@@H]1Cc2cc(C(F)(F)F)ccc2N2CCN(CCOc3ccccc3)C[C@@H]12. The molecule has 0 radical (unpaired) electrons. The molecular weight excluding hydrogens is 459 g/mol. The van der Waals surface area contributed by atoms with Crippen LogP contribution in [-0.4, -0.2) is 69.9 Å². The molecule has 0 spiro atoms. The maximum absolute atomic E-state index is 13.4. The van der Waals surface area contributed by atoms with Crippen molar-refractivity contribution in [3.8, 4) is 5.75 Å². The van der Waals surface area contributed by atoms with Gasteiger partial charge in [-0.1, -0.05) is 18.2 Å². The number of hydrogen-bond acceptors (Lipinski definition) is 5. The summed E-state index contributed by atoms with van der Waals surface area (Å²) in [5.41, 5.74) is 0.700. The number of rotatable bonds is 9. The number of nitrogens with zero attached hydrogens (tertiary/aromatic N) is 2. The van der Waals surface area contributed by atoms with Gasteiger partial charge in [0.1, 0.15) is 12.4 Å². The lowest BCUT2D eigenvalue weighted by Crippen LogP contribution is -2.61. The molecule has 2 heterocycles. The minimum atomic E-state index is -4.42. The number of ether oxygens (including phenoxy) is 2. The highest BCUT2D eigenvalue weighted by atomic mass is 19.4. The van der Waals surface area contributed by atoms with Gasteiger partial charge >= 0.3 is 6.18 Å². The van der Waals surface area contributed by atoms with Crippen molar-refractivity contribution in [2.24, 2.45) is 5.92 Å². The maximum atomic E-state index is 13.4. The highest BCUT2D eigenvalue weighted by molar-refractivity contribution is 5.82. The normalized spacial score (nSPS) is 20.2. The molecule has 190 valence electrons. The minimum Gasteiger partial charge on any atom is -0.492 e. The van der Waals surface area contributed by atoms with Gasteiger partial charge in [0.2, 0.25) is 5.91 Å². The van der Waals surface area contributed by atoms with Crippen LogP contribution in [0.1, 0.15) is 17.5 Å². The summed E-state index contributed by atoms with van der Waals surface area (Å²) in [4.78, 5) is 17.6. The van der Waals surface area contributed by atoms with Gasteiger partial charge in [0, 0.05) is 52.1 Å². The lowest BCUT2D eigenvalue weighted by Gasteiger charge is -2.49. The van der Waals surface area contributed by atoms with Gasteiger partial charge < -0.3 is 19.7 Å². The van der Waals surface area contributed by atoms with E-state index >= 15 is 0 Å². The summed E-state index contributed by atoms with van der Waals surface area (Å²) < 4.78 is 51.0. The van der Waals surface area contributed by atoms with Crippen LogP contribution in [0.25, 0.3) is 0 Å². The molecule has 2 aromatic rings. The van der Waals surface area contributed by atoms with E-state index in [2.05, 4.69) is 15.1 Å². The molecule has 0 aromatic heterocycles. The number of amides is 1. The van der Waals surface area contributed by atoms with Gasteiger partial charge in [-0.25, -0.2) is 0 Å². The lowest BCUT2D eigenvalue weighted by molar-refractivity contribution is -0.137. The fourth-order valence-electron chi connectivity index (χ4n) is 4.93. The molecule has 2 aliphatic heterocycles. The molecule has 9 heteroatoms. The minimum absolute atomic E-state index is 0.118. The standard InChI is InChI=1S/C26H32F3N3O3/c1-34-14-5-10-30-25(33)22-17-19-16-20(26(27,28)29)8-9-23(19)32-12-11-31(18-24(22)32)13-15-35-21-6-3-2-4-7-21/h2-4,6-9,16,22,24H,5,10-15,17-18H2,1H3,(H,30,33)/t22-,24+/m1/s1. The zero-order valence-corrected chi connectivity index (χ0v) is 19.9. The monoisotopic (exact) mass is 491 g/mol. The number of piperazine rings is 1. The molecule has 0 aliphatic carbocycles. The average molecular weight is 492 g/mol. The molecular formula is C26H32F3N3O3. The molecule has 35 heavy (non-hydrogen) atoms. The quantitative estimate of drug-likeness (QED) is 0.544. The first-order valence-electron chi connectivity index (χ1n) is 12.0. The van der Waals surface area contributed by atoms with E-state index in [0.29, 0.717) is 51.4 Å². The van der Waals surface area contributed by atoms with E-state index in [-0.39, 0.29) is 18.4 Å². The second-order valence-corrected chi connectivity index (χ2v) is 9.01. The number of carbonyl (C=O) groups is 1. The topological polar surface area (TPSA) is 54.0 Å². The van der Waals surface area contributed by atoms with Crippen LogP contribution in [0, 0.1) is 5.92 Å². The Morgan fingerprint density at radius 2 is 1.91 bits per heavy atom. The smallest absolute Gasteiger partial charge is 0.416 e. The van der Waals surface area contributed by atoms with Gasteiger partial charge in [-0.05, 0) is 48.7 Å². The third kappa shape index (κ3) is 6.27. The van der Waals surface area contributed by atoms with Crippen molar-refractivity contribution in [3.63, 3.8) is 0 Å². The van der Waals surface area contributed by atoms with Gasteiger partial charge in [-0.15, -0.1) is 0 Å². The third-order valence-corrected chi connectivity index (χ3v) is 6.70. The lowest BCUT2D eigenvalue weighted by atomic mass is 9.82. The molecule has 1 fully saturated rings. The van der Waals surface area contributed by atoms with Crippen molar-refractivity contribution in [1.29, 1.82) is 0 Å². The van der Waals surface area contributed by atoms with Crippen molar-refractivity contribution in [2.75, 3.05) is 57.9 Å². The largest absolute Gasteiger partial charge is 0.492 e. The number of hydrogen-bond donors (Lipinski definition) is 1. The highest BCUT2D eigenvalue weighted by Crippen LogP contribution is 2.39. The van der Waals surface area contributed by atoms with E-state index in [9.17, 15) is 18.0 Å². The first kappa shape index (κ1) is 25.3.